The number of nitrogens with zero attached hydrogens (tertiary/aromatic N) is 5. The molecule has 0 saturated carbocycles. The number of para-hydroxylation sites is 1. The summed E-state index contributed by atoms with van der Waals surface area (Å²) in [5, 5.41) is 11.0. The summed E-state index contributed by atoms with van der Waals surface area (Å²) < 4.78 is 1.46. The van der Waals surface area contributed by atoms with Gasteiger partial charge in [-0.05, 0) is 61.7 Å². The average Bonchev–Trinajstić information content (AvgIpc) is 2.99. The summed E-state index contributed by atoms with van der Waals surface area (Å²) in [6.07, 6.45) is 5.56. The van der Waals surface area contributed by atoms with Crippen LogP contribution in [-0.2, 0) is 0 Å². The molecule has 212 valence electrons. The van der Waals surface area contributed by atoms with Crippen molar-refractivity contribution in [2.24, 2.45) is 0 Å². The number of carbonyl (C=O) groups excluding carboxylic acids is 1. The molecule has 2 N–H and O–H groups in total. The minimum atomic E-state index is -0.160. The van der Waals surface area contributed by atoms with Crippen molar-refractivity contribution < 1.29 is 4.79 Å². The first kappa shape index (κ1) is 27.7. The molecule has 1 aromatic heterocycles. The number of likely N-dealkylation sites (tertiary alicyclic amines) is 1. The molecule has 0 aliphatic carbocycles. The third-order valence-electron chi connectivity index (χ3n) is 7.87. The van der Waals surface area contributed by atoms with Gasteiger partial charge < -0.3 is 25.3 Å². The fraction of sp³-hybridized carbons (Fsp3) is 0.452. The molecule has 2 fully saturated rings. The SMILES string of the molecule is CC(C)c1ccc(NC(=O)N2CCN(c3cnn(-c4ccccc4)c(=O)c3NCCN3CCCCC3)CC2)cc1. The zero-order valence-corrected chi connectivity index (χ0v) is 23.7. The van der Waals surface area contributed by atoms with Crippen molar-refractivity contribution in [3.8, 4) is 5.69 Å². The van der Waals surface area contributed by atoms with E-state index >= 15 is 0 Å². The quantitative estimate of drug-likeness (QED) is 0.432. The molecule has 2 saturated heterocycles. The number of piperazine rings is 1. The second kappa shape index (κ2) is 13.0. The van der Waals surface area contributed by atoms with Gasteiger partial charge in [0.25, 0.3) is 5.56 Å². The third kappa shape index (κ3) is 6.65. The largest absolute Gasteiger partial charge is 0.377 e. The molecule has 5 rings (SSSR count). The monoisotopic (exact) mass is 543 g/mol. The van der Waals surface area contributed by atoms with Gasteiger partial charge in [-0.1, -0.05) is 50.6 Å². The number of nitrogens with one attached hydrogen (secondary N) is 2. The summed E-state index contributed by atoms with van der Waals surface area (Å²) in [6.45, 7) is 10.5. The number of anilines is 3. The van der Waals surface area contributed by atoms with Gasteiger partial charge in [0.05, 0.1) is 17.6 Å². The number of hydrogen-bond donors (Lipinski definition) is 2. The normalized spacial score (nSPS) is 16.3. The first-order valence-electron chi connectivity index (χ1n) is 14.5. The number of aromatic nitrogens is 2. The highest BCUT2D eigenvalue weighted by Gasteiger charge is 2.25. The van der Waals surface area contributed by atoms with E-state index in [1.807, 2.05) is 47.4 Å². The Morgan fingerprint density at radius 1 is 0.900 bits per heavy atom. The molecule has 2 amide bonds. The van der Waals surface area contributed by atoms with Crippen LogP contribution in [0.2, 0.25) is 0 Å². The van der Waals surface area contributed by atoms with E-state index in [1.54, 1.807) is 6.20 Å². The predicted octanol–water partition coefficient (Wildman–Crippen LogP) is 4.61. The van der Waals surface area contributed by atoms with Crippen LogP contribution in [0.15, 0.2) is 65.6 Å². The standard InChI is InChI=1S/C31H41N7O2/c1-24(2)25-11-13-26(14-12-25)34-31(40)37-21-19-36(20-22-37)28-23-33-38(27-9-5-3-6-10-27)30(39)29(28)32-15-18-35-16-7-4-8-17-35/h3,5-6,9-14,23-24,32H,4,7-8,15-22H2,1-2H3,(H,34,40). The summed E-state index contributed by atoms with van der Waals surface area (Å²) in [5.74, 6) is 0.450. The van der Waals surface area contributed by atoms with Crippen LogP contribution in [0.25, 0.3) is 5.69 Å². The van der Waals surface area contributed by atoms with E-state index in [2.05, 4.69) is 51.5 Å². The van der Waals surface area contributed by atoms with Crippen LogP contribution in [0.3, 0.4) is 0 Å². The maximum Gasteiger partial charge on any atom is 0.321 e. The van der Waals surface area contributed by atoms with Crippen LogP contribution < -0.4 is 21.1 Å². The van der Waals surface area contributed by atoms with Crippen molar-refractivity contribution in [3.05, 3.63) is 76.7 Å². The van der Waals surface area contributed by atoms with Gasteiger partial charge in [-0.25, -0.2) is 4.79 Å². The van der Waals surface area contributed by atoms with E-state index in [-0.39, 0.29) is 11.6 Å². The summed E-state index contributed by atoms with van der Waals surface area (Å²) >= 11 is 0. The van der Waals surface area contributed by atoms with Gasteiger partial charge >= 0.3 is 6.03 Å². The zero-order chi connectivity index (χ0) is 27.9. The van der Waals surface area contributed by atoms with E-state index in [0.717, 1.165) is 36.7 Å². The maximum absolute atomic E-state index is 13.7. The van der Waals surface area contributed by atoms with Gasteiger partial charge in [0.2, 0.25) is 0 Å². The highest BCUT2D eigenvalue weighted by molar-refractivity contribution is 5.89. The lowest BCUT2D eigenvalue weighted by Gasteiger charge is -2.36. The van der Waals surface area contributed by atoms with Crippen molar-refractivity contribution in [2.45, 2.75) is 39.0 Å². The van der Waals surface area contributed by atoms with Gasteiger partial charge in [-0.2, -0.15) is 9.78 Å². The Balaban J connectivity index is 1.27. The molecule has 3 aromatic rings. The minimum Gasteiger partial charge on any atom is -0.377 e. The Bertz CT molecular complexity index is 1310. The Kier molecular flexibility index (Phi) is 9.01. The molecule has 9 nitrogen and oxygen atoms in total. The van der Waals surface area contributed by atoms with Crippen molar-refractivity contribution >= 4 is 23.1 Å². The Hall–Kier alpha value is -3.85. The maximum atomic E-state index is 13.7. The molecule has 0 unspecified atom stereocenters. The number of benzene rings is 2. The molecule has 0 atom stereocenters. The van der Waals surface area contributed by atoms with Gasteiger partial charge in [0.15, 0.2) is 0 Å². The number of hydrogen-bond acceptors (Lipinski definition) is 6. The fourth-order valence-corrected chi connectivity index (χ4v) is 5.43. The Morgan fingerprint density at radius 3 is 2.27 bits per heavy atom. The topological polar surface area (TPSA) is 85.7 Å². The van der Waals surface area contributed by atoms with Crippen molar-refractivity contribution in [1.29, 1.82) is 0 Å². The minimum absolute atomic E-state index is 0.102. The number of urea groups is 1. The molecule has 0 bridgehead atoms. The Morgan fingerprint density at radius 2 is 1.60 bits per heavy atom. The molecule has 0 radical (unpaired) electrons. The second-order valence-electron chi connectivity index (χ2n) is 11.0. The van der Waals surface area contributed by atoms with Gasteiger partial charge in [0, 0.05) is 45.0 Å². The van der Waals surface area contributed by atoms with E-state index in [9.17, 15) is 9.59 Å². The highest BCUT2D eigenvalue weighted by atomic mass is 16.2. The number of piperidine rings is 1. The lowest BCUT2D eigenvalue weighted by Crippen LogP contribution is -2.50. The van der Waals surface area contributed by atoms with Crippen molar-refractivity contribution in [2.75, 3.05) is 67.9 Å². The number of amides is 2. The van der Waals surface area contributed by atoms with Crippen LogP contribution in [0, 0.1) is 0 Å². The van der Waals surface area contributed by atoms with Crippen molar-refractivity contribution in [3.63, 3.8) is 0 Å². The van der Waals surface area contributed by atoms with Crippen LogP contribution in [0.4, 0.5) is 21.9 Å². The fourth-order valence-electron chi connectivity index (χ4n) is 5.43. The number of carbonyl (C=O) groups is 1. The molecule has 3 heterocycles. The molecular weight excluding hydrogens is 502 g/mol. The molecule has 2 aliphatic heterocycles. The summed E-state index contributed by atoms with van der Waals surface area (Å²) in [7, 11) is 0. The lowest BCUT2D eigenvalue weighted by atomic mass is 10.0. The summed E-state index contributed by atoms with van der Waals surface area (Å²) in [4.78, 5) is 33.1. The smallest absolute Gasteiger partial charge is 0.321 e. The van der Waals surface area contributed by atoms with E-state index in [0.29, 0.717) is 44.3 Å². The molecule has 2 aliphatic rings. The van der Waals surface area contributed by atoms with E-state index in [1.165, 1.54) is 29.5 Å². The van der Waals surface area contributed by atoms with E-state index in [4.69, 9.17) is 0 Å². The van der Waals surface area contributed by atoms with Gasteiger partial charge in [-0.15, -0.1) is 0 Å². The first-order valence-corrected chi connectivity index (χ1v) is 14.5. The summed E-state index contributed by atoms with van der Waals surface area (Å²) in [5.41, 5.74) is 3.98. The van der Waals surface area contributed by atoms with Crippen LogP contribution >= 0.6 is 0 Å². The molecule has 2 aromatic carbocycles. The number of rotatable bonds is 8. The zero-order valence-electron chi connectivity index (χ0n) is 23.7. The third-order valence-corrected chi connectivity index (χ3v) is 7.87. The molecule has 40 heavy (non-hydrogen) atoms. The highest BCUT2D eigenvalue weighted by Crippen LogP contribution is 2.24. The van der Waals surface area contributed by atoms with Gasteiger partial charge in [0.1, 0.15) is 5.69 Å². The first-order chi connectivity index (χ1) is 19.5. The Labute approximate surface area is 236 Å². The molecular formula is C31H41N7O2. The average molecular weight is 544 g/mol. The second-order valence-corrected chi connectivity index (χ2v) is 11.0. The lowest BCUT2D eigenvalue weighted by molar-refractivity contribution is 0.208. The summed E-state index contributed by atoms with van der Waals surface area (Å²) in [6, 6.07) is 17.4. The predicted molar refractivity (Wildman–Crippen MR) is 162 cm³/mol. The van der Waals surface area contributed by atoms with Crippen LogP contribution in [-0.4, -0.2) is 78.0 Å². The molecule has 9 heteroatoms. The van der Waals surface area contributed by atoms with E-state index < -0.39 is 0 Å². The van der Waals surface area contributed by atoms with Crippen LogP contribution in [0.5, 0.6) is 0 Å². The van der Waals surface area contributed by atoms with Crippen molar-refractivity contribution in [1.82, 2.24) is 19.6 Å². The van der Waals surface area contributed by atoms with Gasteiger partial charge in [-0.3, -0.25) is 4.79 Å². The van der Waals surface area contributed by atoms with Crippen LogP contribution in [0.1, 0.15) is 44.6 Å². The molecule has 0 spiro atoms.